The monoisotopic (exact) mass is 241 g/mol. The van der Waals surface area contributed by atoms with E-state index < -0.39 is 0 Å². The number of hydrogen-bond donors (Lipinski definition) is 2. The Labute approximate surface area is 106 Å². The van der Waals surface area contributed by atoms with Gasteiger partial charge in [0.05, 0.1) is 0 Å². The van der Waals surface area contributed by atoms with Crippen LogP contribution in [0.1, 0.15) is 11.1 Å². The average Bonchev–Trinajstić information content (AvgIpc) is 2.83. The second-order valence-corrected chi connectivity index (χ2v) is 4.37. The first-order chi connectivity index (χ1) is 8.79. The topological polar surface area (TPSA) is 67.1 Å². The van der Waals surface area contributed by atoms with Gasteiger partial charge in [-0.05, 0) is 25.0 Å². The van der Waals surface area contributed by atoms with Crippen molar-refractivity contribution in [2.24, 2.45) is 5.84 Å². The van der Waals surface area contributed by atoms with E-state index in [4.69, 9.17) is 5.84 Å². The van der Waals surface area contributed by atoms with E-state index in [0.717, 1.165) is 24.3 Å². The molecule has 5 heteroatoms. The lowest BCUT2D eigenvalue weighted by atomic mass is 10.2. The molecular weight excluding hydrogens is 226 g/mol. The van der Waals surface area contributed by atoms with Crippen molar-refractivity contribution >= 4 is 17.5 Å². The van der Waals surface area contributed by atoms with Crippen LogP contribution in [-0.4, -0.2) is 16.5 Å². The first-order valence-corrected chi connectivity index (χ1v) is 5.95. The van der Waals surface area contributed by atoms with Crippen LogP contribution in [0, 0.1) is 6.92 Å². The minimum Gasteiger partial charge on any atom is -0.325 e. The minimum absolute atomic E-state index is 0.444. The first-order valence-electron chi connectivity index (χ1n) is 5.95. The molecule has 0 bridgehead atoms. The number of aryl methyl sites for hydroxylation is 1. The SMILES string of the molecule is Cc1cnc(NN)nc1N1CCc2ccccc21. The minimum atomic E-state index is 0.444. The summed E-state index contributed by atoms with van der Waals surface area (Å²) in [6.45, 7) is 2.96. The second-order valence-electron chi connectivity index (χ2n) is 4.37. The highest BCUT2D eigenvalue weighted by Crippen LogP contribution is 2.34. The van der Waals surface area contributed by atoms with Crippen LogP contribution in [0.25, 0.3) is 0 Å². The molecule has 1 aromatic carbocycles. The van der Waals surface area contributed by atoms with E-state index in [1.165, 1.54) is 11.3 Å². The molecule has 0 unspecified atom stereocenters. The third-order valence-corrected chi connectivity index (χ3v) is 3.22. The van der Waals surface area contributed by atoms with E-state index in [0.29, 0.717) is 5.95 Å². The number of nitrogens with two attached hydrogens (primary N) is 1. The van der Waals surface area contributed by atoms with Crippen LogP contribution in [0.4, 0.5) is 17.5 Å². The number of nitrogens with one attached hydrogen (secondary N) is 1. The van der Waals surface area contributed by atoms with Crippen molar-refractivity contribution in [1.29, 1.82) is 0 Å². The summed E-state index contributed by atoms with van der Waals surface area (Å²) in [6, 6.07) is 8.41. The number of rotatable bonds is 2. The number of benzene rings is 1. The van der Waals surface area contributed by atoms with Crippen molar-refractivity contribution in [3.05, 3.63) is 41.6 Å². The van der Waals surface area contributed by atoms with Gasteiger partial charge in [-0.15, -0.1) is 0 Å². The Kier molecular flexibility index (Phi) is 2.60. The van der Waals surface area contributed by atoms with Crippen molar-refractivity contribution < 1.29 is 0 Å². The van der Waals surface area contributed by atoms with Gasteiger partial charge in [-0.1, -0.05) is 18.2 Å². The van der Waals surface area contributed by atoms with Crippen molar-refractivity contribution in [2.45, 2.75) is 13.3 Å². The van der Waals surface area contributed by atoms with E-state index >= 15 is 0 Å². The molecular formula is C13H15N5. The predicted molar refractivity (Wildman–Crippen MR) is 71.7 cm³/mol. The van der Waals surface area contributed by atoms with E-state index in [9.17, 15) is 0 Å². The Hall–Kier alpha value is -2.14. The van der Waals surface area contributed by atoms with E-state index in [1.807, 2.05) is 6.92 Å². The van der Waals surface area contributed by atoms with Gasteiger partial charge in [-0.25, -0.2) is 10.8 Å². The van der Waals surface area contributed by atoms with Crippen LogP contribution in [0.5, 0.6) is 0 Å². The van der Waals surface area contributed by atoms with Crippen LogP contribution < -0.4 is 16.2 Å². The number of nitrogen functional groups attached to an aromatic ring is 1. The van der Waals surface area contributed by atoms with Crippen LogP contribution >= 0.6 is 0 Å². The fraction of sp³-hybridized carbons (Fsp3) is 0.231. The number of para-hydroxylation sites is 1. The maximum Gasteiger partial charge on any atom is 0.239 e. The summed E-state index contributed by atoms with van der Waals surface area (Å²) in [5, 5.41) is 0. The third-order valence-electron chi connectivity index (χ3n) is 3.22. The van der Waals surface area contributed by atoms with Gasteiger partial charge in [0.15, 0.2) is 0 Å². The van der Waals surface area contributed by atoms with Gasteiger partial charge in [0, 0.05) is 24.0 Å². The Morgan fingerprint density at radius 1 is 1.33 bits per heavy atom. The molecule has 0 spiro atoms. The Morgan fingerprint density at radius 3 is 3.00 bits per heavy atom. The van der Waals surface area contributed by atoms with Crippen molar-refractivity contribution in [1.82, 2.24) is 9.97 Å². The highest BCUT2D eigenvalue weighted by molar-refractivity contribution is 5.69. The number of nitrogens with zero attached hydrogens (tertiary/aromatic N) is 3. The van der Waals surface area contributed by atoms with Gasteiger partial charge in [-0.2, -0.15) is 4.98 Å². The van der Waals surface area contributed by atoms with Crippen LogP contribution in [-0.2, 0) is 6.42 Å². The fourth-order valence-corrected chi connectivity index (χ4v) is 2.33. The number of hydrazine groups is 1. The quantitative estimate of drug-likeness (QED) is 0.619. The zero-order valence-electron chi connectivity index (χ0n) is 10.2. The molecule has 1 aliphatic heterocycles. The highest BCUT2D eigenvalue weighted by Gasteiger charge is 2.22. The maximum absolute atomic E-state index is 5.37. The molecule has 1 aromatic heterocycles. The lowest BCUT2D eigenvalue weighted by Gasteiger charge is -2.20. The molecule has 0 amide bonds. The first kappa shape index (κ1) is 11.0. The van der Waals surface area contributed by atoms with Gasteiger partial charge in [0.25, 0.3) is 0 Å². The van der Waals surface area contributed by atoms with E-state index in [-0.39, 0.29) is 0 Å². The lowest BCUT2D eigenvalue weighted by molar-refractivity contribution is 0.952. The Balaban J connectivity index is 2.07. The predicted octanol–water partition coefficient (Wildman–Crippen LogP) is 1.76. The molecule has 5 nitrogen and oxygen atoms in total. The summed E-state index contributed by atoms with van der Waals surface area (Å²) >= 11 is 0. The van der Waals surface area contributed by atoms with Crippen LogP contribution in [0.2, 0.25) is 0 Å². The molecule has 0 saturated carbocycles. The molecule has 0 radical (unpaired) electrons. The van der Waals surface area contributed by atoms with Crippen molar-refractivity contribution in [3.8, 4) is 0 Å². The molecule has 0 fully saturated rings. The zero-order chi connectivity index (χ0) is 12.5. The van der Waals surface area contributed by atoms with Gasteiger partial charge in [-0.3, -0.25) is 5.43 Å². The Morgan fingerprint density at radius 2 is 2.17 bits per heavy atom. The molecule has 92 valence electrons. The normalized spacial score (nSPS) is 13.6. The summed E-state index contributed by atoms with van der Waals surface area (Å²) in [6.07, 6.45) is 2.84. The number of fused-ring (bicyclic) bond motifs is 1. The Bertz CT molecular complexity index is 581. The number of anilines is 3. The maximum atomic E-state index is 5.37. The summed E-state index contributed by atoms with van der Waals surface area (Å²) in [5.74, 6) is 6.73. The zero-order valence-corrected chi connectivity index (χ0v) is 10.2. The van der Waals surface area contributed by atoms with Crippen molar-refractivity contribution in [3.63, 3.8) is 0 Å². The second kappa shape index (κ2) is 4.27. The number of aromatic nitrogens is 2. The molecule has 0 saturated heterocycles. The van der Waals surface area contributed by atoms with Crippen molar-refractivity contribution in [2.75, 3.05) is 16.9 Å². The summed E-state index contributed by atoms with van der Waals surface area (Å²) in [7, 11) is 0. The molecule has 0 atom stereocenters. The standard InChI is InChI=1S/C13H15N5/c1-9-8-15-13(17-14)16-12(9)18-7-6-10-4-2-3-5-11(10)18/h2-5,8H,6-7,14H2,1H3,(H,15,16,17). The van der Waals surface area contributed by atoms with Gasteiger partial charge in [0.2, 0.25) is 5.95 Å². The largest absolute Gasteiger partial charge is 0.325 e. The molecule has 1 aliphatic rings. The van der Waals surface area contributed by atoms with E-state index in [2.05, 4.69) is 44.6 Å². The molecule has 0 aliphatic carbocycles. The number of hydrogen-bond acceptors (Lipinski definition) is 5. The van der Waals surface area contributed by atoms with E-state index in [1.54, 1.807) is 6.20 Å². The summed E-state index contributed by atoms with van der Waals surface area (Å²) in [5.41, 5.74) is 6.12. The third kappa shape index (κ3) is 1.69. The summed E-state index contributed by atoms with van der Waals surface area (Å²) < 4.78 is 0. The fourth-order valence-electron chi connectivity index (χ4n) is 2.33. The molecule has 18 heavy (non-hydrogen) atoms. The van der Waals surface area contributed by atoms with Gasteiger partial charge in [0.1, 0.15) is 5.82 Å². The van der Waals surface area contributed by atoms with Crippen LogP contribution in [0.3, 0.4) is 0 Å². The smallest absolute Gasteiger partial charge is 0.239 e. The highest BCUT2D eigenvalue weighted by atomic mass is 15.3. The summed E-state index contributed by atoms with van der Waals surface area (Å²) in [4.78, 5) is 10.8. The molecule has 3 N–H and O–H groups in total. The molecule has 3 rings (SSSR count). The molecule has 2 aromatic rings. The van der Waals surface area contributed by atoms with Crippen LogP contribution in [0.15, 0.2) is 30.5 Å². The van der Waals surface area contributed by atoms with Gasteiger partial charge >= 0.3 is 0 Å². The van der Waals surface area contributed by atoms with Gasteiger partial charge < -0.3 is 4.90 Å². The average molecular weight is 241 g/mol. The molecule has 2 heterocycles. The lowest BCUT2D eigenvalue weighted by Crippen LogP contribution is -2.18.